The summed E-state index contributed by atoms with van der Waals surface area (Å²) in [5.74, 6) is 0.242. The molecule has 0 aliphatic rings. The lowest BCUT2D eigenvalue weighted by Gasteiger charge is -2.12. The highest BCUT2D eigenvalue weighted by Gasteiger charge is 2.25. The molecule has 0 spiro atoms. The Hall–Kier alpha value is -3.47. The van der Waals surface area contributed by atoms with Gasteiger partial charge in [0.25, 0.3) is 0 Å². The molecule has 0 aliphatic heterocycles. The second-order valence-electron chi connectivity index (χ2n) is 7.43. The van der Waals surface area contributed by atoms with Gasteiger partial charge in [0.2, 0.25) is 0 Å². The maximum absolute atomic E-state index is 13.2. The fourth-order valence-electron chi connectivity index (χ4n) is 3.70. The Morgan fingerprint density at radius 1 is 0.897 bits per heavy atom. The number of hydrogen-bond acceptors (Lipinski definition) is 3. The number of hydrogen-bond donors (Lipinski definition) is 0. The number of carbonyl (C=O) groups excluding carboxylic acids is 1. The minimum Gasteiger partial charge on any atom is -0.244 e. The van der Waals surface area contributed by atoms with E-state index in [9.17, 15) is 4.79 Å². The lowest BCUT2D eigenvalue weighted by Crippen LogP contribution is -2.23. The van der Waals surface area contributed by atoms with Gasteiger partial charge in [0.1, 0.15) is 0 Å². The summed E-state index contributed by atoms with van der Waals surface area (Å²) >= 11 is 0. The fourth-order valence-corrected chi connectivity index (χ4v) is 3.70. The van der Waals surface area contributed by atoms with E-state index in [1.807, 2.05) is 36.4 Å². The molecule has 0 fully saturated rings. The second-order valence-corrected chi connectivity index (χ2v) is 7.43. The molecule has 2 aromatic heterocycles. The predicted molar refractivity (Wildman–Crippen MR) is 113 cm³/mol. The van der Waals surface area contributed by atoms with Crippen molar-refractivity contribution in [1.29, 1.82) is 0 Å². The van der Waals surface area contributed by atoms with E-state index in [4.69, 9.17) is 5.10 Å². The third-order valence-electron chi connectivity index (χ3n) is 4.99. The topological polar surface area (TPSA) is 52.7 Å². The van der Waals surface area contributed by atoms with E-state index in [-0.39, 0.29) is 11.9 Å². The molecule has 0 bridgehead atoms. The number of rotatable bonds is 5. The van der Waals surface area contributed by atoms with E-state index < -0.39 is 0 Å². The monoisotopic (exact) mass is 384 g/mol. The molecule has 5 heteroatoms. The molecule has 0 atom stereocenters. The zero-order valence-corrected chi connectivity index (χ0v) is 16.7. The molecule has 0 amide bonds. The van der Waals surface area contributed by atoms with Crippen LogP contribution in [0.2, 0.25) is 0 Å². The Labute approximate surface area is 170 Å². The van der Waals surface area contributed by atoms with Gasteiger partial charge in [0, 0.05) is 30.8 Å². The number of benzene rings is 2. The molecular weight excluding hydrogens is 360 g/mol. The predicted octanol–water partition coefficient (Wildman–Crippen LogP) is 4.90. The van der Waals surface area contributed by atoms with Crippen LogP contribution < -0.4 is 0 Å². The van der Waals surface area contributed by atoms with E-state index in [1.165, 1.54) is 14.9 Å². The molecule has 4 rings (SSSR count). The average molecular weight is 384 g/mol. The quantitative estimate of drug-likeness (QED) is 0.492. The molecule has 0 N–H and O–H groups in total. The van der Waals surface area contributed by atoms with Crippen LogP contribution >= 0.6 is 0 Å². The van der Waals surface area contributed by atoms with Crippen molar-refractivity contribution in [3.05, 3.63) is 107 Å². The van der Waals surface area contributed by atoms with Crippen LogP contribution in [0.3, 0.4) is 0 Å². The van der Waals surface area contributed by atoms with Crippen LogP contribution in [0.5, 0.6) is 0 Å². The minimum absolute atomic E-state index is 0.242. The zero-order chi connectivity index (χ0) is 20.2. The standard InChI is InChI=1S/C24H24N4O/c1-18(2)23-21(16-19-10-5-3-6-11-19)26-28(24(29)27-15-9-14-25-27)22(23)17-20-12-7-4-8-13-20/h3-15,18H,16-17H2,1-2H3. The van der Waals surface area contributed by atoms with E-state index in [2.05, 4.69) is 43.2 Å². The van der Waals surface area contributed by atoms with Crippen LogP contribution in [0.15, 0.2) is 79.1 Å². The zero-order valence-electron chi connectivity index (χ0n) is 16.7. The van der Waals surface area contributed by atoms with E-state index >= 15 is 0 Å². The van der Waals surface area contributed by atoms with Gasteiger partial charge in [-0.15, -0.1) is 0 Å². The first-order valence-corrected chi connectivity index (χ1v) is 9.86. The summed E-state index contributed by atoms with van der Waals surface area (Å²) < 4.78 is 2.87. The molecule has 2 aromatic carbocycles. The highest BCUT2D eigenvalue weighted by Crippen LogP contribution is 2.28. The van der Waals surface area contributed by atoms with Gasteiger partial charge < -0.3 is 0 Å². The van der Waals surface area contributed by atoms with E-state index in [0.717, 1.165) is 22.5 Å². The highest BCUT2D eigenvalue weighted by molar-refractivity contribution is 5.78. The van der Waals surface area contributed by atoms with Crippen LogP contribution in [-0.4, -0.2) is 25.6 Å². The summed E-state index contributed by atoms with van der Waals surface area (Å²) in [6, 6.07) is 21.9. The third kappa shape index (κ3) is 4.04. The van der Waals surface area contributed by atoms with Crippen LogP contribution in [0, 0.1) is 0 Å². The SMILES string of the molecule is CC(C)c1c(Cc2ccccc2)nn(C(=O)n2cccn2)c1Cc1ccccc1. The molecule has 4 aromatic rings. The normalized spacial score (nSPS) is 11.1. The molecule has 2 heterocycles. The fraction of sp³-hybridized carbons (Fsp3) is 0.208. The summed E-state index contributed by atoms with van der Waals surface area (Å²) in [5, 5.41) is 8.90. The van der Waals surface area contributed by atoms with Gasteiger partial charge in [-0.05, 0) is 23.1 Å². The lowest BCUT2D eigenvalue weighted by atomic mass is 9.94. The Bertz CT molecular complexity index is 1080. The van der Waals surface area contributed by atoms with Gasteiger partial charge in [0.15, 0.2) is 0 Å². The van der Waals surface area contributed by atoms with Crippen molar-refractivity contribution in [3.63, 3.8) is 0 Å². The summed E-state index contributed by atoms with van der Waals surface area (Å²) in [4.78, 5) is 13.2. The Kier molecular flexibility index (Phi) is 5.38. The van der Waals surface area contributed by atoms with Crippen molar-refractivity contribution >= 4 is 6.03 Å². The first-order valence-electron chi connectivity index (χ1n) is 9.86. The lowest BCUT2D eigenvalue weighted by molar-refractivity contribution is 0.237. The molecule has 146 valence electrons. The summed E-state index contributed by atoms with van der Waals surface area (Å²) in [5.41, 5.74) is 5.33. The smallest absolute Gasteiger partial charge is 0.244 e. The van der Waals surface area contributed by atoms with E-state index in [0.29, 0.717) is 12.8 Å². The summed E-state index contributed by atoms with van der Waals surface area (Å²) in [6.07, 6.45) is 4.59. The molecule has 0 aliphatic carbocycles. The van der Waals surface area contributed by atoms with Gasteiger partial charge in [-0.1, -0.05) is 74.5 Å². The first-order chi connectivity index (χ1) is 14.1. The Balaban J connectivity index is 1.83. The molecule has 29 heavy (non-hydrogen) atoms. The van der Waals surface area contributed by atoms with Crippen LogP contribution in [-0.2, 0) is 12.8 Å². The van der Waals surface area contributed by atoms with Gasteiger partial charge in [-0.25, -0.2) is 4.79 Å². The molecular formula is C24H24N4O. The molecule has 0 radical (unpaired) electrons. The van der Waals surface area contributed by atoms with Gasteiger partial charge in [-0.2, -0.15) is 19.6 Å². The second kappa shape index (κ2) is 8.27. The first kappa shape index (κ1) is 18.9. The van der Waals surface area contributed by atoms with Crippen molar-refractivity contribution in [2.75, 3.05) is 0 Å². The number of aromatic nitrogens is 4. The van der Waals surface area contributed by atoms with Crippen molar-refractivity contribution in [3.8, 4) is 0 Å². The minimum atomic E-state index is -0.262. The largest absolute Gasteiger partial charge is 0.369 e. The van der Waals surface area contributed by atoms with Crippen LogP contribution in [0.25, 0.3) is 0 Å². The van der Waals surface area contributed by atoms with Crippen LogP contribution in [0.4, 0.5) is 4.79 Å². The summed E-state index contributed by atoms with van der Waals surface area (Å²) in [6.45, 7) is 4.31. The summed E-state index contributed by atoms with van der Waals surface area (Å²) in [7, 11) is 0. The Morgan fingerprint density at radius 3 is 2.07 bits per heavy atom. The van der Waals surface area contributed by atoms with Crippen LogP contribution in [0.1, 0.15) is 47.8 Å². The molecule has 0 saturated heterocycles. The van der Waals surface area contributed by atoms with Gasteiger partial charge in [-0.3, -0.25) is 0 Å². The maximum Gasteiger partial charge on any atom is 0.369 e. The van der Waals surface area contributed by atoms with Crippen molar-refractivity contribution in [1.82, 2.24) is 19.6 Å². The maximum atomic E-state index is 13.2. The Morgan fingerprint density at radius 2 is 1.52 bits per heavy atom. The molecule has 0 unspecified atom stereocenters. The van der Waals surface area contributed by atoms with Crippen molar-refractivity contribution < 1.29 is 4.79 Å². The van der Waals surface area contributed by atoms with Gasteiger partial charge in [0.05, 0.1) is 11.4 Å². The average Bonchev–Trinajstić information content (AvgIpc) is 3.38. The van der Waals surface area contributed by atoms with E-state index in [1.54, 1.807) is 18.5 Å². The van der Waals surface area contributed by atoms with Crippen molar-refractivity contribution in [2.45, 2.75) is 32.6 Å². The molecule has 5 nitrogen and oxygen atoms in total. The number of nitrogens with zero attached hydrogens (tertiary/aromatic N) is 4. The van der Waals surface area contributed by atoms with Gasteiger partial charge >= 0.3 is 6.03 Å². The highest BCUT2D eigenvalue weighted by atomic mass is 16.2. The number of carbonyl (C=O) groups is 1. The van der Waals surface area contributed by atoms with Crippen molar-refractivity contribution in [2.24, 2.45) is 0 Å². The molecule has 0 saturated carbocycles. The third-order valence-corrected chi connectivity index (χ3v) is 4.99.